The molecule has 0 radical (unpaired) electrons. The van der Waals surface area contributed by atoms with Crippen molar-refractivity contribution in [2.45, 2.75) is 149 Å². The maximum atomic E-state index is 6.15. The molecule has 0 aromatic heterocycles. The normalized spacial score (nSPS) is 27.9. The van der Waals surface area contributed by atoms with Gasteiger partial charge in [0.2, 0.25) is 0 Å². The molecule has 4 saturated carbocycles. The third-order valence-electron chi connectivity index (χ3n) is 7.48. The average molecular weight is 524 g/mol. The van der Waals surface area contributed by atoms with Crippen molar-refractivity contribution in [2.75, 3.05) is 0 Å². The molecule has 29 heavy (non-hydrogen) atoms. The van der Waals surface area contributed by atoms with E-state index in [-0.39, 0.29) is 16.5 Å². The van der Waals surface area contributed by atoms with E-state index in [1.807, 2.05) is 0 Å². The molecule has 0 bridgehead atoms. The van der Waals surface area contributed by atoms with E-state index in [1.165, 1.54) is 101 Å². The maximum Gasteiger partial charge on any atom is 0.118 e. The molecule has 0 saturated heterocycles. The molecule has 4 rings (SSSR count). The van der Waals surface area contributed by atoms with Gasteiger partial charge in [-0.2, -0.15) is 0 Å². The minimum absolute atomic E-state index is 0. The van der Waals surface area contributed by atoms with Crippen molar-refractivity contribution in [1.82, 2.24) is 0 Å². The molecule has 174 valence electrons. The molecule has 0 aromatic rings. The largest absolute Gasteiger partial charge is 0.118 e. The molecule has 1 atom stereocenters. The van der Waals surface area contributed by atoms with E-state index in [2.05, 4.69) is 0 Å². The van der Waals surface area contributed by atoms with Gasteiger partial charge in [-0.3, -0.25) is 0 Å². The standard InChI is InChI=1S/C12H21Cl2P.C12H23P.Ni/c13-12(14)8-6-11(7-9-12)15-10-4-2-1-3-5-10;1-3-7-11(8-4-1)13-12-9-5-2-6-10-12;/h10-11,15H,1-9H2;11-13H,1-10H2;. The van der Waals surface area contributed by atoms with Crippen LogP contribution in [0.1, 0.15) is 122 Å². The predicted octanol–water partition coefficient (Wildman–Crippen LogP) is 9.44. The zero-order valence-corrected chi connectivity index (χ0v) is 22.8. The van der Waals surface area contributed by atoms with Crippen LogP contribution in [-0.4, -0.2) is 27.0 Å². The Morgan fingerprint density at radius 2 is 0.724 bits per heavy atom. The van der Waals surface area contributed by atoms with Gasteiger partial charge >= 0.3 is 0 Å². The summed E-state index contributed by atoms with van der Waals surface area (Å²) < 4.78 is -0.395. The summed E-state index contributed by atoms with van der Waals surface area (Å²) in [6.45, 7) is 0. The molecule has 0 heterocycles. The summed E-state index contributed by atoms with van der Waals surface area (Å²) in [6, 6.07) is 0. The van der Waals surface area contributed by atoms with Crippen molar-refractivity contribution in [1.29, 1.82) is 0 Å². The van der Waals surface area contributed by atoms with E-state index in [0.29, 0.717) is 0 Å². The first-order chi connectivity index (χ1) is 13.6. The Bertz CT molecular complexity index is 391. The van der Waals surface area contributed by atoms with Crippen LogP contribution in [-0.2, 0) is 16.5 Å². The van der Waals surface area contributed by atoms with Crippen LogP contribution in [0, 0.1) is 0 Å². The quantitative estimate of drug-likeness (QED) is 0.195. The van der Waals surface area contributed by atoms with Crippen LogP contribution in [0.2, 0.25) is 0 Å². The summed E-state index contributed by atoms with van der Waals surface area (Å²) in [4.78, 5) is 0. The summed E-state index contributed by atoms with van der Waals surface area (Å²) in [7, 11) is 2.52. The average Bonchev–Trinajstić information content (AvgIpc) is 2.73. The van der Waals surface area contributed by atoms with Gasteiger partial charge < -0.3 is 0 Å². The monoisotopic (exact) mass is 522 g/mol. The third-order valence-corrected chi connectivity index (χ3v) is 12.4. The molecule has 0 spiro atoms. The fraction of sp³-hybridized carbons (Fsp3) is 1.00. The molecule has 4 aliphatic rings. The van der Waals surface area contributed by atoms with Gasteiger partial charge in [0.05, 0.1) is 0 Å². The minimum Gasteiger partial charge on any atom is -0.116 e. The number of halogens is 2. The SMILES string of the molecule is C1CCC(PC2CCCCC2)CC1.ClC1(Cl)CCC(PC2CCCCC2)CC1.[Ni]. The fourth-order valence-electron chi connectivity index (χ4n) is 5.68. The number of hydrogen-bond acceptors (Lipinski definition) is 0. The van der Waals surface area contributed by atoms with Crippen LogP contribution in [0.25, 0.3) is 0 Å². The third kappa shape index (κ3) is 11.1. The van der Waals surface area contributed by atoms with Crippen LogP contribution < -0.4 is 0 Å². The van der Waals surface area contributed by atoms with Crippen molar-refractivity contribution in [3.8, 4) is 0 Å². The molecule has 5 heteroatoms. The molecule has 1 unspecified atom stereocenters. The molecule has 0 aliphatic heterocycles. The van der Waals surface area contributed by atoms with Gasteiger partial charge in [-0.05, 0) is 86.8 Å². The van der Waals surface area contributed by atoms with Crippen molar-refractivity contribution < 1.29 is 16.5 Å². The predicted molar refractivity (Wildman–Crippen MR) is 134 cm³/mol. The van der Waals surface area contributed by atoms with E-state index in [1.54, 1.807) is 25.7 Å². The first-order valence-electron chi connectivity index (χ1n) is 12.5. The molecule has 4 fully saturated rings. The second-order valence-corrected chi connectivity index (χ2v) is 15.5. The summed E-state index contributed by atoms with van der Waals surface area (Å²) in [6.07, 6.45) is 27.4. The van der Waals surface area contributed by atoms with Crippen molar-refractivity contribution in [3.63, 3.8) is 0 Å². The van der Waals surface area contributed by atoms with E-state index in [4.69, 9.17) is 23.2 Å². The summed E-state index contributed by atoms with van der Waals surface area (Å²) in [5, 5.41) is 0. The molecule has 0 aromatic carbocycles. The van der Waals surface area contributed by atoms with Crippen LogP contribution >= 0.6 is 40.4 Å². The van der Waals surface area contributed by atoms with Crippen LogP contribution in [0.5, 0.6) is 0 Å². The van der Waals surface area contributed by atoms with Gasteiger partial charge in [0.1, 0.15) is 4.33 Å². The second-order valence-electron chi connectivity index (χ2n) is 9.97. The van der Waals surface area contributed by atoms with Crippen molar-refractivity contribution in [2.24, 2.45) is 0 Å². The molecule has 0 nitrogen and oxygen atoms in total. The number of rotatable bonds is 4. The zero-order chi connectivity index (χ0) is 19.7. The molecule has 0 N–H and O–H groups in total. The Kier molecular flexibility index (Phi) is 14.0. The summed E-state index contributed by atoms with van der Waals surface area (Å²) in [5.74, 6) is 0. The van der Waals surface area contributed by atoms with Gasteiger partial charge in [-0.1, -0.05) is 57.8 Å². The Hall–Kier alpha value is 1.93. The van der Waals surface area contributed by atoms with Crippen molar-refractivity contribution in [3.05, 3.63) is 0 Å². The summed E-state index contributed by atoms with van der Waals surface area (Å²) >= 11 is 12.3. The topological polar surface area (TPSA) is 0 Å². The Morgan fingerprint density at radius 1 is 0.448 bits per heavy atom. The Morgan fingerprint density at radius 3 is 1.03 bits per heavy atom. The van der Waals surface area contributed by atoms with Crippen LogP contribution in [0.3, 0.4) is 0 Å². The van der Waals surface area contributed by atoms with E-state index >= 15 is 0 Å². The van der Waals surface area contributed by atoms with Gasteiger partial charge in [0.15, 0.2) is 0 Å². The Balaban J connectivity index is 0.000000202. The molecular formula is C24H44Cl2NiP2. The second kappa shape index (κ2) is 15.0. The molecule has 4 aliphatic carbocycles. The zero-order valence-electron chi connectivity index (χ0n) is 18.3. The van der Waals surface area contributed by atoms with Gasteiger partial charge in [0.25, 0.3) is 0 Å². The maximum absolute atomic E-state index is 6.15. The molecule has 0 amide bonds. The van der Waals surface area contributed by atoms with Crippen LogP contribution in [0.15, 0.2) is 0 Å². The number of alkyl halides is 2. The van der Waals surface area contributed by atoms with Crippen molar-refractivity contribution >= 4 is 40.4 Å². The smallest absolute Gasteiger partial charge is 0.116 e. The van der Waals surface area contributed by atoms with Gasteiger partial charge in [0, 0.05) is 16.5 Å². The van der Waals surface area contributed by atoms with Crippen LogP contribution in [0.4, 0.5) is 0 Å². The van der Waals surface area contributed by atoms with Gasteiger partial charge in [-0.25, -0.2) is 0 Å². The first-order valence-corrected chi connectivity index (χ1v) is 15.6. The Labute approximate surface area is 205 Å². The molecular weight excluding hydrogens is 480 g/mol. The van der Waals surface area contributed by atoms with E-state index in [9.17, 15) is 0 Å². The van der Waals surface area contributed by atoms with E-state index in [0.717, 1.165) is 35.5 Å². The fourth-order valence-corrected chi connectivity index (χ4v) is 10.3. The summed E-state index contributed by atoms with van der Waals surface area (Å²) in [5.41, 5.74) is 4.29. The number of hydrogen-bond donors (Lipinski definition) is 0. The van der Waals surface area contributed by atoms with E-state index < -0.39 is 4.33 Å². The van der Waals surface area contributed by atoms with Gasteiger partial charge in [-0.15, -0.1) is 40.4 Å². The minimum atomic E-state index is -0.395. The first kappa shape index (κ1) is 27.2.